The Labute approximate surface area is 121 Å². The Kier molecular flexibility index (Phi) is 4.43. The smallest absolute Gasteiger partial charge is 0.118 e. The van der Waals surface area contributed by atoms with E-state index in [9.17, 15) is 0 Å². The lowest BCUT2D eigenvalue weighted by Crippen LogP contribution is -2.01. The van der Waals surface area contributed by atoms with Crippen LogP contribution in [0.4, 0.5) is 5.69 Å². The molecule has 0 saturated heterocycles. The van der Waals surface area contributed by atoms with Gasteiger partial charge in [0.15, 0.2) is 0 Å². The first-order chi connectivity index (χ1) is 9.24. The molecule has 0 unspecified atom stereocenters. The van der Waals surface area contributed by atoms with Gasteiger partial charge in [0.2, 0.25) is 0 Å². The van der Waals surface area contributed by atoms with Gasteiger partial charge >= 0.3 is 0 Å². The molecule has 0 saturated carbocycles. The van der Waals surface area contributed by atoms with Gasteiger partial charge in [0.05, 0.1) is 18.4 Å². The van der Waals surface area contributed by atoms with Crippen LogP contribution in [0.2, 0.25) is 0 Å². The van der Waals surface area contributed by atoms with Crippen LogP contribution in [0.25, 0.3) is 0 Å². The lowest BCUT2D eigenvalue weighted by atomic mass is 10.1. The highest BCUT2D eigenvalue weighted by Gasteiger charge is 2.05. The summed E-state index contributed by atoms with van der Waals surface area (Å²) in [6.45, 7) is 0.662. The van der Waals surface area contributed by atoms with Gasteiger partial charge in [-0.2, -0.15) is 5.26 Å². The minimum Gasteiger partial charge on any atom is -0.497 e. The second-order valence-corrected chi connectivity index (χ2v) is 4.83. The average molecular weight is 317 g/mol. The van der Waals surface area contributed by atoms with Gasteiger partial charge in [0.25, 0.3) is 0 Å². The number of benzene rings is 2. The minimum absolute atomic E-state index is 0.621. The number of hydrogen-bond donors (Lipinski definition) is 1. The number of nitrogens with one attached hydrogen (secondary N) is 1. The van der Waals surface area contributed by atoms with E-state index in [1.54, 1.807) is 7.11 Å². The molecule has 0 aliphatic carbocycles. The van der Waals surface area contributed by atoms with Crippen molar-refractivity contribution in [2.75, 3.05) is 12.4 Å². The van der Waals surface area contributed by atoms with E-state index in [4.69, 9.17) is 10.00 Å². The van der Waals surface area contributed by atoms with Crippen LogP contribution in [0.15, 0.2) is 46.9 Å². The Bertz CT molecular complexity index is 603. The second-order valence-electron chi connectivity index (χ2n) is 3.98. The molecule has 19 heavy (non-hydrogen) atoms. The Morgan fingerprint density at radius 3 is 2.58 bits per heavy atom. The molecule has 0 aromatic heterocycles. The van der Waals surface area contributed by atoms with E-state index < -0.39 is 0 Å². The molecule has 0 radical (unpaired) electrons. The highest BCUT2D eigenvalue weighted by atomic mass is 79.9. The third kappa shape index (κ3) is 3.27. The van der Waals surface area contributed by atoms with E-state index in [0.717, 1.165) is 21.5 Å². The molecule has 2 aromatic carbocycles. The van der Waals surface area contributed by atoms with Crippen molar-refractivity contribution < 1.29 is 4.74 Å². The van der Waals surface area contributed by atoms with Crippen molar-refractivity contribution in [3.63, 3.8) is 0 Å². The first-order valence-corrected chi connectivity index (χ1v) is 6.59. The minimum atomic E-state index is 0.621. The average Bonchev–Trinajstić information content (AvgIpc) is 2.45. The van der Waals surface area contributed by atoms with Crippen molar-refractivity contribution in [2.24, 2.45) is 0 Å². The van der Waals surface area contributed by atoms with E-state index in [1.807, 2.05) is 42.5 Å². The Morgan fingerprint density at radius 1 is 1.21 bits per heavy atom. The van der Waals surface area contributed by atoms with Gasteiger partial charge in [-0.15, -0.1) is 0 Å². The van der Waals surface area contributed by atoms with Crippen LogP contribution < -0.4 is 10.1 Å². The molecule has 0 heterocycles. The van der Waals surface area contributed by atoms with Crippen LogP contribution in [0.3, 0.4) is 0 Å². The van der Waals surface area contributed by atoms with Crippen molar-refractivity contribution in [3.05, 3.63) is 58.1 Å². The number of ether oxygens (including phenoxy) is 1. The maximum absolute atomic E-state index is 9.13. The van der Waals surface area contributed by atoms with Gasteiger partial charge in [-0.1, -0.05) is 18.2 Å². The fourth-order valence-corrected chi connectivity index (χ4v) is 2.18. The van der Waals surface area contributed by atoms with Crippen molar-refractivity contribution in [1.82, 2.24) is 0 Å². The lowest BCUT2D eigenvalue weighted by Gasteiger charge is -2.09. The predicted octanol–water partition coefficient (Wildman–Crippen LogP) is 3.94. The topological polar surface area (TPSA) is 45.0 Å². The second kappa shape index (κ2) is 6.26. The predicted molar refractivity (Wildman–Crippen MR) is 79.2 cm³/mol. The zero-order chi connectivity index (χ0) is 13.7. The highest BCUT2D eigenvalue weighted by molar-refractivity contribution is 9.10. The zero-order valence-electron chi connectivity index (χ0n) is 10.5. The molecule has 0 atom stereocenters. The van der Waals surface area contributed by atoms with Gasteiger partial charge in [0, 0.05) is 11.0 Å². The number of nitriles is 1. The molecule has 2 aromatic rings. The molecule has 2 rings (SSSR count). The summed E-state index contributed by atoms with van der Waals surface area (Å²) in [6.07, 6.45) is 0. The van der Waals surface area contributed by atoms with Gasteiger partial charge in [0.1, 0.15) is 11.8 Å². The SMILES string of the molecule is COc1ccc(CNc2cccc(Br)c2C#N)cc1. The highest BCUT2D eigenvalue weighted by Crippen LogP contribution is 2.24. The van der Waals surface area contributed by atoms with Crippen molar-refractivity contribution in [3.8, 4) is 11.8 Å². The maximum atomic E-state index is 9.13. The summed E-state index contributed by atoms with van der Waals surface area (Å²) in [6, 6.07) is 15.7. The summed E-state index contributed by atoms with van der Waals surface area (Å²) in [7, 11) is 1.65. The first-order valence-electron chi connectivity index (χ1n) is 5.80. The maximum Gasteiger partial charge on any atom is 0.118 e. The van der Waals surface area contributed by atoms with Crippen LogP contribution in [-0.4, -0.2) is 7.11 Å². The van der Waals surface area contributed by atoms with Crippen LogP contribution >= 0.6 is 15.9 Å². The molecule has 96 valence electrons. The summed E-state index contributed by atoms with van der Waals surface area (Å²) in [5.74, 6) is 0.837. The van der Waals surface area contributed by atoms with E-state index in [-0.39, 0.29) is 0 Å². The Hall–Kier alpha value is -1.99. The van der Waals surface area contributed by atoms with Crippen LogP contribution in [0.5, 0.6) is 5.75 Å². The molecule has 0 spiro atoms. The number of rotatable bonds is 4. The molecule has 3 nitrogen and oxygen atoms in total. The fourth-order valence-electron chi connectivity index (χ4n) is 1.73. The molecule has 0 fully saturated rings. The van der Waals surface area contributed by atoms with E-state index in [2.05, 4.69) is 27.3 Å². The molecule has 0 aliphatic rings. The van der Waals surface area contributed by atoms with Gasteiger partial charge in [-0.25, -0.2) is 0 Å². The van der Waals surface area contributed by atoms with Gasteiger partial charge in [-0.3, -0.25) is 0 Å². The van der Waals surface area contributed by atoms with Crippen LogP contribution in [0.1, 0.15) is 11.1 Å². The summed E-state index contributed by atoms with van der Waals surface area (Å²) in [5.41, 5.74) is 2.58. The normalized spacial score (nSPS) is 9.74. The quantitative estimate of drug-likeness (QED) is 0.929. The number of hydrogen-bond acceptors (Lipinski definition) is 3. The number of halogens is 1. The molecule has 4 heteroatoms. The molecule has 0 amide bonds. The summed E-state index contributed by atoms with van der Waals surface area (Å²) < 4.78 is 5.92. The first kappa shape index (κ1) is 13.4. The third-order valence-electron chi connectivity index (χ3n) is 2.77. The zero-order valence-corrected chi connectivity index (χ0v) is 12.1. The van der Waals surface area contributed by atoms with E-state index >= 15 is 0 Å². The van der Waals surface area contributed by atoms with E-state index in [1.165, 1.54) is 0 Å². The van der Waals surface area contributed by atoms with Gasteiger partial charge < -0.3 is 10.1 Å². The number of methoxy groups -OCH3 is 1. The van der Waals surface area contributed by atoms with Crippen LogP contribution in [-0.2, 0) is 6.54 Å². The molecular weight excluding hydrogens is 304 g/mol. The number of anilines is 1. The van der Waals surface area contributed by atoms with Crippen molar-refractivity contribution in [1.29, 1.82) is 5.26 Å². The Balaban J connectivity index is 2.10. The van der Waals surface area contributed by atoms with Gasteiger partial charge in [-0.05, 0) is 45.8 Å². The van der Waals surface area contributed by atoms with E-state index in [0.29, 0.717) is 12.1 Å². The summed E-state index contributed by atoms with van der Waals surface area (Å²) >= 11 is 3.37. The fraction of sp³-hybridized carbons (Fsp3) is 0.133. The molecule has 0 aliphatic heterocycles. The molecule has 0 bridgehead atoms. The Morgan fingerprint density at radius 2 is 1.95 bits per heavy atom. The molecule has 1 N–H and O–H groups in total. The monoisotopic (exact) mass is 316 g/mol. The number of nitrogens with zero attached hydrogens (tertiary/aromatic N) is 1. The summed E-state index contributed by atoms with van der Waals surface area (Å²) in [4.78, 5) is 0. The van der Waals surface area contributed by atoms with Crippen molar-refractivity contribution in [2.45, 2.75) is 6.54 Å². The largest absolute Gasteiger partial charge is 0.497 e. The third-order valence-corrected chi connectivity index (χ3v) is 3.43. The lowest BCUT2D eigenvalue weighted by molar-refractivity contribution is 0.414. The molecular formula is C15H13BrN2O. The van der Waals surface area contributed by atoms with Crippen molar-refractivity contribution >= 4 is 21.6 Å². The van der Waals surface area contributed by atoms with Crippen LogP contribution in [0, 0.1) is 11.3 Å². The standard InChI is InChI=1S/C15H13BrN2O/c1-19-12-7-5-11(6-8-12)10-18-15-4-2-3-14(16)13(15)9-17/h2-8,18H,10H2,1H3. The summed E-state index contributed by atoms with van der Waals surface area (Å²) in [5, 5.41) is 12.4.